The van der Waals surface area contributed by atoms with Gasteiger partial charge in [0.05, 0.1) is 5.69 Å². The van der Waals surface area contributed by atoms with Crippen LogP contribution >= 0.6 is 23.1 Å². The predicted octanol–water partition coefficient (Wildman–Crippen LogP) is 2.25. The zero-order valence-corrected chi connectivity index (χ0v) is 12.3. The molecular weight excluding hydrogens is 254 g/mol. The summed E-state index contributed by atoms with van der Waals surface area (Å²) in [5.74, 6) is 1.08. The van der Waals surface area contributed by atoms with Gasteiger partial charge >= 0.3 is 0 Å². The molecule has 1 aromatic heterocycles. The number of thioether (sulfide) groups is 1. The number of aromatic nitrogens is 1. The van der Waals surface area contributed by atoms with E-state index in [-0.39, 0.29) is 11.9 Å². The summed E-state index contributed by atoms with van der Waals surface area (Å²) in [5.41, 5.74) is 6.33. The molecule has 1 rings (SSSR count). The van der Waals surface area contributed by atoms with E-state index in [9.17, 15) is 4.79 Å². The molecule has 0 aliphatic rings. The Balaban J connectivity index is 2.72. The van der Waals surface area contributed by atoms with Crippen molar-refractivity contribution in [3.05, 3.63) is 10.6 Å². The highest BCUT2D eigenvalue weighted by molar-refractivity contribution is 7.98. The van der Waals surface area contributed by atoms with Crippen LogP contribution in [0.5, 0.6) is 0 Å². The number of hydrogen-bond acceptors (Lipinski definition) is 5. The first kappa shape index (κ1) is 14.3. The van der Waals surface area contributed by atoms with E-state index in [0.717, 1.165) is 17.9 Å². The number of carbonyl (C=O) groups excluding carboxylic acids is 1. The van der Waals surface area contributed by atoms with E-state index in [2.05, 4.69) is 18.2 Å². The summed E-state index contributed by atoms with van der Waals surface area (Å²) in [4.78, 5) is 18.7. The molecule has 0 spiro atoms. The van der Waals surface area contributed by atoms with Crippen LogP contribution in [0.1, 0.15) is 28.7 Å². The largest absolute Gasteiger partial charge is 0.375 e. The number of amides is 1. The van der Waals surface area contributed by atoms with Crippen LogP contribution in [0.15, 0.2) is 0 Å². The minimum atomic E-state index is 0.0188. The van der Waals surface area contributed by atoms with Gasteiger partial charge in [-0.3, -0.25) is 4.79 Å². The van der Waals surface area contributed by atoms with Crippen molar-refractivity contribution in [3.63, 3.8) is 0 Å². The Morgan fingerprint density at radius 3 is 2.76 bits per heavy atom. The van der Waals surface area contributed by atoms with Crippen molar-refractivity contribution in [2.75, 3.05) is 24.8 Å². The summed E-state index contributed by atoms with van der Waals surface area (Å²) in [7, 11) is 1.84. The maximum atomic E-state index is 12.2. The van der Waals surface area contributed by atoms with Gasteiger partial charge in [-0.15, -0.1) is 0 Å². The Morgan fingerprint density at radius 1 is 1.65 bits per heavy atom. The number of nitrogens with two attached hydrogens (primary N) is 1. The summed E-state index contributed by atoms with van der Waals surface area (Å²) >= 11 is 3.06. The van der Waals surface area contributed by atoms with Crippen molar-refractivity contribution in [3.8, 4) is 0 Å². The second-order valence-corrected chi connectivity index (χ2v) is 6.03. The first-order valence-electron chi connectivity index (χ1n) is 5.46. The third-order valence-electron chi connectivity index (χ3n) is 2.73. The van der Waals surface area contributed by atoms with E-state index in [0.29, 0.717) is 10.0 Å². The summed E-state index contributed by atoms with van der Waals surface area (Å²) in [6.07, 6.45) is 3.07. The maximum Gasteiger partial charge on any atom is 0.265 e. The quantitative estimate of drug-likeness (QED) is 0.894. The number of hydrogen-bond donors (Lipinski definition) is 1. The molecule has 0 aliphatic carbocycles. The lowest BCUT2D eigenvalue weighted by Gasteiger charge is -2.24. The molecule has 0 saturated heterocycles. The average molecular weight is 273 g/mol. The first-order chi connectivity index (χ1) is 7.97. The SMILES string of the molecule is CSCCC(C)N(C)C(=O)c1sc(N)nc1C. The van der Waals surface area contributed by atoms with Crippen LogP contribution < -0.4 is 5.73 Å². The fourth-order valence-electron chi connectivity index (χ4n) is 1.46. The summed E-state index contributed by atoms with van der Waals surface area (Å²) in [5, 5.41) is 0.455. The third-order valence-corrected chi connectivity index (χ3v) is 4.35. The molecule has 1 unspecified atom stereocenters. The Kier molecular flexibility index (Phi) is 5.27. The number of rotatable bonds is 5. The molecule has 1 heterocycles. The summed E-state index contributed by atoms with van der Waals surface area (Å²) in [6.45, 7) is 3.88. The van der Waals surface area contributed by atoms with Gasteiger partial charge < -0.3 is 10.6 Å². The van der Waals surface area contributed by atoms with E-state index in [1.165, 1.54) is 11.3 Å². The minimum absolute atomic E-state index is 0.0188. The van der Waals surface area contributed by atoms with Crippen LogP contribution in [0.4, 0.5) is 5.13 Å². The van der Waals surface area contributed by atoms with Gasteiger partial charge in [-0.25, -0.2) is 4.98 Å². The van der Waals surface area contributed by atoms with Crippen molar-refractivity contribution >= 4 is 34.1 Å². The Morgan fingerprint density at radius 2 is 2.29 bits per heavy atom. The summed E-state index contributed by atoms with van der Waals surface area (Å²) < 4.78 is 0. The van der Waals surface area contributed by atoms with Crippen molar-refractivity contribution in [1.82, 2.24) is 9.88 Å². The van der Waals surface area contributed by atoms with Crippen LogP contribution in [-0.4, -0.2) is 40.9 Å². The van der Waals surface area contributed by atoms with Gasteiger partial charge in [-0.1, -0.05) is 11.3 Å². The lowest BCUT2D eigenvalue weighted by molar-refractivity contribution is 0.0745. The van der Waals surface area contributed by atoms with Gasteiger partial charge in [-0.2, -0.15) is 11.8 Å². The Bertz CT molecular complexity index is 392. The highest BCUT2D eigenvalue weighted by atomic mass is 32.2. The van der Waals surface area contributed by atoms with Crippen LogP contribution in [-0.2, 0) is 0 Å². The van der Waals surface area contributed by atoms with Crippen molar-refractivity contribution in [2.45, 2.75) is 26.3 Å². The second kappa shape index (κ2) is 6.26. The summed E-state index contributed by atoms with van der Waals surface area (Å²) in [6, 6.07) is 0.234. The van der Waals surface area contributed by atoms with Crippen molar-refractivity contribution < 1.29 is 4.79 Å². The molecule has 1 aromatic rings. The lowest BCUT2D eigenvalue weighted by atomic mass is 10.2. The zero-order valence-electron chi connectivity index (χ0n) is 10.7. The highest BCUT2D eigenvalue weighted by Crippen LogP contribution is 2.22. The predicted molar refractivity (Wildman–Crippen MR) is 75.8 cm³/mol. The maximum absolute atomic E-state index is 12.2. The number of thiazole rings is 1. The fraction of sp³-hybridized carbons (Fsp3) is 0.636. The van der Waals surface area contributed by atoms with E-state index >= 15 is 0 Å². The van der Waals surface area contributed by atoms with Gasteiger partial charge in [0.2, 0.25) is 0 Å². The molecule has 2 N–H and O–H groups in total. The van der Waals surface area contributed by atoms with E-state index in [1.54, 1.807) is 16.7 Å². The molecule has 96 valence electrons. The number of nitrogen functional groups attached to an aromatic ring is 1. The topological polar surface area (TPSA) is 59.2 Å². The molecule has 0 aliphatic heterocycles. The number of aryl methyl sites for hydroxylation is 1. The molecule has 17 heavy (non-hydrogen) atoms. The van der Waals surface area contributed by atoms with Crippen LogP contribution in [0.3, 0.4) is 0 Å². The number of nitrogens with zero attached hydrogens (tertiary/aromatic N) is 2. The monoisotopic (exact) mass is 273 g/mol. The van der Waals surface area contributed by atoms with Gasteiger partial charge in [0.25, 0.3) is 5.91 Å². The van der Waals surface area contributed by atoms with Gasteiger partial charge in [0.15, 0.2) is 5.13 Å². The molecule has 0 bridgehead atoms. The molecule has 0 aromatic carbocycles. The van der Waals surface area contributed by atoms with Crippen LogP contribution in [0, 0.1) is 6.92 Å². The molecule has 1 amide bonds. The average Bonchev–Trinajstić information content (AvgIpc) is 2.63. The number of carbonyl (C=O) groups is 1. The van der Waals surface area contributed by atoms with Crippen molar-refractivity contribution in [2.24, 2.45) is 0 Å². The van der Waals surface area contributed by atoms with Crippen LogP contribution in [0.2, 0.25) is 0 Å². The van der Waals surface area contributed by atoms with Gasteiger partial charge in [0, 0.05) is 13.1 Å². The minimum Gasteiger partial charge on any atom is -0.375 e. The van der Waals surface area contributed by atoms with Gasteiger partial charge in [0.1, 0.15) is 4.88 Å². The molecule has 0 fully saturated rings. The zero-order chi connectivity index (χ0) is 13.0. The highest BCUT2D eigenvalue weighted by Gasteiger charge is 2.21. The smallest absolute Gasteiger partial charge is 0.265 e. The second-order valence-electron chi connectivity index (χ2n) is 4.01. The third kappa shape index (κ3) is 3.61. The van der Waals surface area contributed by atoms with E-state index < -0.39 is 0 Å². The van der Waals surface area contributed by atoms with Crippen LogP contribution in [0.25, 0.3) is 0 Å². The molecular formula is C11H19N3OS2. The fourth-order valence-corrected chi connectivity index (χ4v) is 2.85. The molecule has 0 saturated carbocycles. The van der Waals surface area contributed by atoms with Crippen molar-refractivity contribution in [1.29, 1.82) is 0 Å². The lowest BCUT2D eigenvalue weighted by Crippen LogP contribution is -2.35. The van der Waals surface area contributed by atoms with Gasteiger partial charge in [-0.05, 0) is 32.3 Å². The molecule has 0 radical (unpaired) electrons. The standard InChI is InChI=1S/C11H19N3OS2/c1-7(5-6-16-4)14(3)10(15)9-8(2)13-11(12)17-9/h7H,5-6H2,1-4H3,(H2,12,13). The Hall–Kier alpha value is -0.750. The Labute approximate surface area is 111 Å². The number of anilines is 1. The molecule has 6 heteroatoms. The molecule has 4 nitrogen and oxygen atoms in total. The molecule has 1 atom stereocenters. The first-order valence-corrected chi connectivity index (χ1v) is 7.67. The van der Waals surface area contributed by atoms with E-state index in [4.69, 9.17) is 5.73 Å². The normalized spacial score (nSPS) is 12.5. The van der Waals surface area contributed by atoms with E-state index in [1.807, 2.05) is 14.0 Å².